The SMILES string of the molecule is CC(C)(CCCSc1ccc(F)c(F)c1)C(N)=NO. The smallest absolute Gasteiger partial charge is 0.159 e. The summed E-state index contributed by atoms with van der Waals surface area (Å²) in [5.41, 5.74) is 5.21. The summed E-state index contributed by atoms with van der Waals surface area (Å²) in [6, 6.07) is 3.87. The molecule has 0 fully saturated rings. The van der Waals surface area contributed by atoms with Crippen LogP contribution >= 0.6 is 11.8 Å². The van der Waals surface area contributed by atoms with E-state index in [2.05, 4.69) is 5.16 Å². The van der Waals surface area contributed by atoms with Crippen molar-refractivity contribution in [3.05, 3.63) is 29.8 Å². The maximum absolute atomic E-state index is 13.0. The average molecular weight is 288 g/mol. The lowest BCUT2D eigenvalue weighted by molar-refractivity contribution is 0.305. The largest absolute Gasteiger partial charge is 0.409 e. The van der Waals surface area contributed by atoms with E-state index >= 15 is 0 Å². The number of thioether (sulfide) groups is 1. The molecule has 1 aromatic carbocycles. The van der Waals surface area contributed by atoms with Crippen molar-refractivity contribution in [2.75, 3.05) is 5.75 Å². The standard InChI is InChI=1S/C13H18F2N2OS/c1-13(2,12(16)17-18)6-3-7-19-9-4-5-10(14)11(15)8-9/h4-5,8,18H,3,6-7H2,1-2H3,(H2,16,17). The molecule has 1 aromatic rings. The number of hydrogen-bond acceptors (Lipinski definition) is 3. The molecule has 0 atom stereocenters. The lowest BCUT2D eigenvalue weighted by Gasteiger charge is -2.22. The zero-order valence-electron chi connectivity index (χ0n) is 11.0. The Balaban J connectivity index is 2.41. The summed E-state index contributed by atoms with van der Waals surface area (Å²) in [6.07, 6.45) is 1.58. The highest BCUT2D eigenvalue weighted by atomic mass is 32.2. The number of benzene rings is 1. The number of nitrogens with two attached hydrogens (primary N) is 1. The fourth-order valence-corrected chi connectivity index (χ4v) is 2.41. The monoisotopic (exact) mass is 288 g/mol. The first kappa shape index (κ1) is 15.8. The van der Waals surface area contributed by atoms with Crippen LogP contribution in [-0.4, -0.2) is 16.8 Å². The molecule has 1 rings (SSSR count). The van der Waals surface area contributed by atoms with Crippen molar-refractivity contribution in [2.45, 2.75) is 31.6 Å². The van der Waals surface area contributed by atoms with E-state index in [9.17, 15) is 8.78 Å². The summed E-state index contributed by atoms with van der Waals surface area (Å²) in [6.45, 7) is 3.79. The molecular weight excluding hydrogens is 270 g/mol. The molecular formula is C13H18F2N2OS. The van der Waals surface area contributed by atoms with Gasteiger partial charge in [0.15, 0.2) is 11.6 Å². The van der Waals surface area contributed by atoms with Crippen LogP contribution < -0.4 is 5.73 Å². The van der Waals surface area contributed by atoms with E-state index in [1.807, 2.05) is 13.8 Å². The molecule has 19 heavy (non-hydrogen) atoms. The summed E-state index contributed by atoms with van der Waals surface area (Å²) >= 11 is 1.45. The van der Waals surface area contributed by atoms with Crippen LogP contribution in [-0.2, 0) is 0 Å². The van der Waals surface area contributed by atoms with E-state index in [0.717, 1.165) is 24.7 Å². The van der Waals surface area contributed by atoms with E-state index in [1.165, 1.54) is 17.8 Å². The van der Waals surface area contributed by atoms with Crippen molar-refractivity contribution in [3.63, 3.8) is 0 Å². The topological polar surface area (TPSA) is 58.6 Å². The quantitative estimate of drug-likeness (QED) is 0.210. The number of hydrogen-bond donors (Lipinski definition) is 2. The third-order valence-corrected chi connectivity index (χ3v) is 3.99. The molecule has 0 heterocycles. The van der Waals surface area contributed by atoms with Gasteiger partial charge >= 0.3 is 0 Å². The molecule has 0 aliphatic rings. The minimum absolute atomic E-state index is 0.199. The minimum Gasteiger partial charge on any atom is -0.409 e. The molecule has 0 amide bonds. The second kappa shape index (κ2) is 6.75. The zero-order valence-corrected chi connectivity index (χ0v) is 11.8. The number of halogens is 2. The molecule has 0 spiro atoms. The Hall–Kier alpha value is -1.30. The van der Waals surface area contributed by atoms with Gasteiger partial charge in [-0.05, 0) is 36.8 Å². The van der Waals surface area contributed by atoms with Crippen molar-refractivity contribution in [1.82, 2.24) is 0 Å². The first-order valence-corrected chi connectivity index (χ1v) is 6.91. The van der Waals surface area contributed by atoms with Gasteiger partial charge in [-0.15, -0.1) is 11.8 Å². The molecule has 0 radical (unpaired) electrons. The molecule has 0 aliphatic heterocycles. The number of nitrogens with zero attached hydrogens (tertiary/aromatic N) is 1. The van der Waals surface area contributed by atoms with Gasteiger partial charge in [0.05, 0.1) is 0 Å². The van der Waals surface area contributed by atoms with Crippen LogP contribution in [0, 0.1) is 17.0 Å². The summed E-state index contributed by atoms with van der Waals surface area (Å²) in [5.74, 6) is -0.711. The van der Waals surface area contributed by atoms with Crippen molar-refractivity contribution in [3.8, 4) is 0 Å². The third kappa shape index (κ3) is 4.70. The summed E-state index contributed by atoms with van der Waals surface area (Å²) in [4.78, 5) is 0.695. The van der Waals surface area contributed by atoms with Crippen molar-refractivity contribution in [1.29, 1.82) is 0 Å². The van der Waals surface area contributed by atoms with Crippen molar-refractivity contribution >= 4 is 17.6 Å². The number of rotatable bonds is 6. The molecule has 3 nitrogen and oxygen atoms in total. The second-order valence-corrected chi connectivity index (χ2v) is 6.07. The Labute approximate surface area is 115 Å². The molecule has 0 bridgehead atoms. The van der Waals surface area contributed by atoms with E-state index in [-0.39, 0.29) is 11.3 Å². The molecule has 3 N–H and O–H groups in total. The Bertz CT molecular complexity index is 464. The predicted octanol–water partition coefficient (Wildman–Crippen LogP) is 3.61. The molecule has 106 valence electrons. The van der Waals surface area contributed by atoms with Crippen LogP contribution in [0.5, 0.6) is 0 Å². The summed E-state index contributed by atoms with van der Waals surface area (Å²) in [5, 5.41) is 11.7. The van der Waals surface area contributed by atoms with Crippen LogP contribution in [0.3, 0.4) is 0 Å². The Morgan fingerprint density at radius 2 is 2.05 bits per heavy atom. The molecule has 0 aromatic heterocycles. The average Bonchev–Trinajstić information content (AvgIpc) is 2.37. The number of oxime groups is 1. The molecule has 0 saturated carbocycles. The van der Waals surface area contributed by atoms with E-state index in [4.69, 9.17) is 10.9 Å². The summed E-state index contributed by atoms with van der Waals surface area (Å²) < 4.78 is 25.7. The van der Waals surface area contributed by atoms with Gasteiger partial charge < -0.3 is 10.9 Å². The van der Waals surface area contributed by atoms with Gasteiger partial charge in [0, 0.05) is 10.3 Å². The third-order valence-electron chi connectivity index (χ3n) is 2.91. The van der Waals surface area contributed by atoms with Crippen LogP contribution in [0.25, 0.3) is 0 Å². The van der Waals surface area contributed by atoms with Gasteiger partial charge in [-0.1, -0.05) is 19.0 Å². The van der Waals surface area contributed by atoms with Crippen LogP contribution in [0.2, 0.25) is 0 Å². The van der Waals surface area contributed by atoms with Crippen LogP contribution in [0.15, 0.2) is 28.3 Å². The fourth-order valence-electron chi connectivity index (χ4n) is 1.53. The second-order valence-electron chi connectivity index (χ2n) is 4.90. The highest BCUT2D eigenvalue weighted by Gasteiger charge is 2.22. The normalized spacial score (nSPS) is 12.7. The number of amidine groups is 1. The first-order chi connectivity index (χ1) is 8.86. The Morgan fingerprint density at radius 3 is 2.63 bits per heavy atom. The Kier molecular flexibility index (Phi) is 5.60. The predicted molar refractivity (Wildman–Crippen MR) is 73.5 cm³/mol. The summed E-state index contributed by atoms with van der Waals surface area (Å²) in [7, 11) is 0. The lowest BCUT2D eigenvalue weighted by Crippen LogP contribution is -2.31. The highest BCUT2D eigenvalue weighted by molar-refractivity contribution is 7.99. The maximum atomic E-state index is 13.0. The highest BCUT2D eigenvalue weighted by Crippen LogP contribution is 2.26. The lowest BCUT2D eigenvalue weighted by atomic mass is 9.87. The maximum Gasteiger partial charge on any atom is 0.159 e. The fraction of sp³-hybridized carbons (Fsp3) is 0.462. The minimum atomic E-state index is -0.836. The van der Waals surface area contributed by atoms with Crippen molar-refractivity contribution < 1.29 is 14.0 Å². The van der Waals surface area contributed by atoms with E-state index < -0.39 is 11.6 Å². The van der Waals surface area contributed by atoms with Crippen molar-refractivity contribution in [2.24, 2.45) is 16.3 Å². The van der Waals surface area contributed by atoms with Gasteiger partial charge in [-0.3, -0.25) is 0 Å². The van der Waals surface area contributed by atoms with E-state index in [1.54, 1.807) is 6.07 Å². The van der Waals surface area contributed by atoms with Crippen LogP contribution in [0.4, 0.5) is 8.78 Å². The van der Waals surface area contributed by atoms with E-state index in [0.29, 0.717) is 4.90 Å². The van der Waals surface area contributed by atoms with Gasteiger partial charge in [-0.25, -0.2) is 8.78 Å². The molecule has 6 heteroatoms. The Morgan fingerprint density at radius 1 is 1.37 bits per heavy atom. The van der Waals surface area contributed by atoms with Gasteiger partial charge in [0.1, 0.15) is 5.84 Å². The molecule has 0 saturated heterocycles. The van der Waals surface area contributed by atoms with Gasteiger partial charge in [-0.2, -0.15) is 0 Å². The first-order valence-electron chi connectivity index (χ1n) is 5.92. The van der Waals surface area contributed by atoms with Gasteiger partial charge in [0.25, 0.3) is 0 Å². The zero-order chi connectivity index (χ0) is 14.5. The van der Waals surface area contributed by atoms with Crippen LogP contribution in [0.1, 0.15) is 26.7 Å². The molecule has 0 unspecified atom stereocenters. The van der Waals surface area contributed by atoms with Gasteiger partial charge in [0.2, 0.25) is 0 Å². The molecule has 0 aliphatic carbocycles.